The largest absolute Gasteiger partial charge is 0.465 e. The van der Waals surface area contributed by atoms with E-state index in [1.54, 1.807) is 12.1 Å². The lowest BCUT2D eigenvalue weighted by Gasteiger charge is -2.19. The van der Waals surface area contributed by atoms with Gasteiger partial charge in [0.1, 0.15) is 11.6 Å². The quantitative estimate of drug-likeness (QED) is 0.343. The first-order chi connectivity index (χ1) is 9.58. The van der Waals surface area contributed by atoms with E-state index >= 15 is 0 Å². The Bertz CT molecular complexity index is 479. The van der Waals surface area contributed by atoms with Crippen molar-refractivity contribution in [2.24, 2.45) is 0 Å². The molecule has 0 radical (unpaired) electrons. The second-order valence-corrected chi connectivity index (χ2v) is 5.36. The van der Waals surface area contributed by atoms with Crippen LogP contribution in [0.4, 0.5) is 0 Å². The summed E-state index contributed by atoms with van der Waals surface area (Å²) in [6.45, 7) is 1.59. The third-order valence-corrected chi connectivity index (χ3v) is 3.62. The van der Waals surface area contributed by atoms with Gasteiger partial charge in [-0.3, -0.25) is 0 Å². The highest BCUT2D eigenvalue weighted by Crippen LogP contribution is 2.21. The SMILES string of the molecule is COC(=O)/C(C#N)=C/C=C1/CCCN1CCCS(=O)O. The Morgan fingerprint density at radius 2 is 2.40 bits per heavy atom. The van der Waals surface area contributed by atoms with Crippen molar-refractivity contribution in [1.29, 1.82) is 5.26 Å². The molecule has 0 amide bonds. The van der Waals surface area contributed by atoms with E-state index in [1.165, 1.54) is 13.2 Å². The number of carbonyl (C=O) groups excluding carboxylic acids is 1. The molecule has 20 heavy (non-hydrogen) atoms. The first-order valence-electron chi connectivity index (χ1n) is 6.30. The van der Waals surface area contributed by atoms with Gasteiger partial charge in [0.15, 0.2) is 11.1 Å². The van der Waals surface area contributed by atoms with Crippen LogP contribution in [0.1, 0.15) is 19.3 Å². The molecular formula is C13H18N2O4S. The number of methoxy groups -OCH3 is 1. The van der Waals surface area contributed by atoms with Crippen LogP contribution >= 0.6 is 0 Å². The minimum atomic E-state index is -1.76. The molecule has 0 bridgehead atoms. The minimum Gasteiger partial charge on any atom is -0.465 e. The zero-order chi connectivity index (χ0) is 15.0. The van der Waals surface area contributed by atoms with Crippen LogP contribution in [-0.2, 0) is 20.6 Å². The van der Waals surface area contributed by atoms with Crippen LogP contribution in [0.15, 0.2) is 23.4 Å². The highest BCUT2D eigenvalue weighted by Gasteiger charge is 2.16. The van der Waals surface area contributed by atoms with Gasteiger partial charge in [-0.1, -0.05) is 0 Å². The number of nitrogens with zero attached hydrogens (tertiary/aromatic N) is 2. The van der Waals surface area contributed by atoms with Crippen molar-refractivity contribution in [3.63, 3.8) is 0 Å². The molecule has 1 aliphatic heterocycles. The Labute approximate surface area is 121 Å². The van der Waals surface area contributed by atoms with Crippen LogP contribution < -0.4 is 0 Å². The fourth-order valence-corrected chi connectivity index (χ4v) is 2.39. The molecule has 1 saturated heterocycles. The highest BCUT2D eigenvalue weighted by molar-refractivity contribution is 7.79. The molecule has 0 aliphatic carbocycles. The van der Waals surface area contributed by atoms with Crippen molar-refractivity contribution in [2.45, 2.75) is 19.3 Å². The Hall–Kier alpha value is -1.65. The van der Waals surface area contributed by atoms with Crippen LogP contribution in [0.5, 0.6) is 0 Å². The van der Waals surface area contributed by atoms with Gasteiger partial charge in [-0.2, -0.15) is 5.26 Å². The van der Waals surface area contributed by atoms with Crippen molar-refractivity contribution in [2.75, 3.05) is 26.0 Å². The zero-order valence-electron chi connectivity index (χ0n) is 11.4. The second kappa shape index (κ2) is 8.51. The summed E-state index contributed by atoms with van der Waals surface area (Å²) in [5.41, 5.74) is 0.994. The summed E-state index contributed by atoms with van der Waals surface area (Å²) in [7, 11) is 1.23. The Balaban J connectivity index is 2.66. The Morgan fingerprint density at radius 3 is 3.00 bits per heavy atom. The van der Waals surface area contributed by atoms with E-state index in [2.05, 4.69) is 9.64 Å². The lowest BCUT2D eigenvalue weighted by atomic mass is 10.2. The maximum Gasteiger partial charge on any atom is 0.348 e. The van der Waals surface area contributed by atoms with Crippen LogP contribution in [-0.4, -0.2) is 45.6 Å². The van der Waals surface area contributed by atoms with E-state index in [9.17, 15) is 9.00 Å². The van der Waals surface area contributed by atoms with E-state index in [0.717, 1.165) is 25.1 Å². The normalized spacial score (nSPS) is 18.9. The molecule has 0 saturated carbocycles. The monoisotopic (exact) mass is 298 g/mol. The molecule has 1 aliphatic rings. The van der Waals surface area contributed by atoms with Crippen LogP contribution in [0, 0.1) is 11.3 Å². The first-order valence-corrected chi connectivity index (χ1v) is 7.57. The Kier molecular flexibility index (Phi) is 6.98. The number of likely N-dealkylation sites (tertiary alicyclic amines) is 1. The van der Waals surface area contributed by atoms with Gasteiger partial charge in [0, 0.05) is 18.8 Å². The van der Waals surface area contributed by atoms with E-state index in [1.807, 2.05) is 0 Å². The molecule has 1 heterocycles. The predicted molar refractivity (Wildman–Crippen MR) is 74.9 cm³/mol. The van der Waals surface area contributed by atoms with Gasteiger partial charge >= 0.3 is 5.97 Å². The van der Waals surface area contributed by atoms with Gasteiger partial charge in [0.05, 0.1) is 12.9 Å². The number of ether oxygens (including phenoxy) is 1. The lowest BCUT2D eigenvalue weighted by molar-refractivity contribution is -0.135. The third-order valence-electron chi connectivity index (χ3n) is 2.98. The van der Waals surface area contributed by atoms with Gasteiger partial charge in [-0.05, 0) is 31.4 Å². The molecule has 110 valence electrons. The van der Waals surface area contributed by atoms with Crippen molar-refractivity contribution in [1.82, 2.24) is 4.90 Å². The maximum absolute atomic E-state index is 11.3. The number of carbonyl (C=O) groups is 1. The van der Waals surface area contributed by atoms with E-state index in [-0.39, 0.29) is 11.3 Å². The number of allylic oxidation sites excluding steroid dienone is 3. The average molecular weight is 298 g/mol. The number of nitriles is 1. The van der Waals surface area contributed by atoms with Gasteiger partial charge in [0.25, 0.3) is 0 Å². The molecular weight excluding hydrogens is 280 g/mol. The average Bonchev–Trinajstić information content (AvgIpc) is 2.86. The van der Waals surface area contributed by atoms with Gasteiger partial charge in [-0.15, -0.1) is 0 Å². The summed E-state index contributed by atoms with van der Waals surface area (Å²) >= 11 is -1.76. The summed E-state index contributed by atoms with van der Waals surface area (Å²) in [5.74, 6) is -0.393. The van der Waals surface area contributed by atoms with E-state index in [4.69, 9.17) is 9.81 Å². The first kappa shape index (κ1) is 16.4. The fourth-order valence-electron chi connectivity index (χ4n) is 2.02. The fraction of sp³-hybridized carbons (Fsp3) is 0.538. The standard InChI is InChI=1S/C13H18N2O4S/c1-19-13(16)11(10-14)5-6-12-4-2-7-15(12)8-3-9-20(17)18/h5-6H,2-4,7-9H2,1H3,(H,17,18)/b11-5+,12-6-. The molecule has 0 aromatic rings. The van der Waals surface area contributed by atoms with Crippen molar-refractivity contribution in [3.8, 4) is 6.07 Å². The predicted octanol–water partition coefficient (Wildman–Crippen LogP) is 1.20. The molecule has 1 rings (SSSR count). The molecule has 0 aromatic carbocycles. The number of rotatable bonds is 6. The summed E-state index contributed by atoms with van der Waals surface area (Å²) in [6, 6.07) is 1.80. The Morgan fingerprint density at radius 1 is 1.65 bits per heavy atom. The number of esters is 1. The van der Waals surface area contributed by atoms with Crippen molar-refractivity contribution >= 4 is 17.0 Å². The molecule has 7 heteroatoms. The van der Waals surface area contributed by atoms with E-state index < -0.39 is 17.0 Å². The summed E-state index contributed by atoms with van der Waals surface area (Å²) < 4.78 is 23.8. The van der Waals surface area contributed by atoms with Crippen LogP contribution in [0.3, 0.4) is 0 Å². The highest BCUT2D eigenvalue weighted by atomic mass is 32.2. The second-order valence-electron chi connectivity index (χ2n) is 4.31. The maximum atomic E-state index is 11.3. The number of hydrogen-bond donors (Lipinski definition) is 1. The molecule has 0 spiro atoms. The molecule has 1 unspecified atom stereocenters. The molecule has 0 aromatic heterocycles. The summed E-state index contributed by atoms with van der Waals surface area (Å²) in [4.78, 5) is 13.4. The van der Waals surface area contributed by atoms with Gasteiger partial charge in [-0.25, -0.2) is 9.00 Å². The zero-order valence-corrected chi connectivity index (χ0v) is 12.2. The molecule has 1 N–H and O–H groups in total. The van der Waals surface area contributed by atoms with Crippen molar-refractivity contribution in [3.05, 3.63) is 23.4 Å². The van der Waals surface area contributed by atoms with Crippen LogP contribution in [0.2, 0.25) is 0 Å². The topological polar surface area (TPSA) is 90.6 Å². The summed E-state index contributed by atoms with van der Waals surface area (Å²) in [6.07, 6.45) is 5.72. The lowest BCUT2D eigenvalue weighted by Crippen LogP contribution is -2.20. The minimum absolute atomic E-state index is 0.0386. The summed E-state index contributed by atoms with van der Waals surface area (Å²) in [5, 5.41) is 8.85. The molecule has 1 atom stereocenters. The van der Waals surface area contributed by atoms with Gasteiger partial charge in [0.2, 0.25) is 0 Å². The van der Waals surface area contributed by atoms with Crippen LogP contribution in [0.25, 0.3) is 0 Å². The molecule has 1 fully saturated rings. The van der Waals surface area contributed by atoms with Gasteiger partial charge < -0.3 is 14.2 Å². The van der Waals surface area contributed by atoms with Crippen molar-refractivity contribution < 1.29 is 18.3 Å². The third kappa shape index (κ3) is 5.15. The molecule has 6 nitrogen and oxygen atoms in total. The van der Waals surface area contributed by atoms with E-state index in [0.29, 0.717) is 13.0 Å². The smallest absolute Gasteiger partial charge is 0.348 e. The number of hydrogen-bond acceptors (Lipinski definition) is 5.